The predicted octanol–water partition coefficient (Wildman–Crippen LogP) is 3.15. The van der Waals surface area contributed by atoms with Crippen molar-refractivity contribution < 1.29 is 14.6 Å². The van der Waals surface area contributed by atoms with Crippen LogP contribution < -0.4 is 11.0 Å². The molecule has 0 saturated heterocycles. The van der Waals surface area contributed by atoms with Crippen molar-refractivity contribution in [1.82, 2.24) is 14.1 Å². The van der Waals surface area contributed by atoms with Gasteiger partial charge in [0.25, 0.3) is 0 Å². The quantitative estimate of drug-likeness (QED) is 0.479. The molecule has 0 bridgehead atoms. The number of fused-ring (bicyclic) bond motifs is 1. The molecule has 0 radical (unpaired) electrons. The minimum Gasteiger partial charge on any atom is -0.392 e. The molecule has 0 aliphatic carbocycles. The summed E-state index contributed by atoms with van der Waals surface area (Å²) in [7, 11) is 0. The van der Waals surface area contributed by atoms with Gasteiger partial charge in [0.15, 0.2) is 11.6 Å². The van der Waals surface area contributed by atoms with Crippen molar-refractivity contribution in [1.29, 1.82) is 5.26 Å². The first kappa shape index (κ1) is 22.7. The Morgan fingerprint density at radius 2 is 2.03 bits per heavy atom. The monoisotopic (exact) mass is 447 g/mol. The van der Waals surface area contributed by atoms with Crippen molar-refractivity contribution in [3.05, 3.63) is 51.3 Å². The molecular formula is C21H23ClFN5O3. The van der Waals surface area contributed by atoms with Gasteiger partial charge in [0.1, 0.15) is 11.2 Å². The van der Waals surface area contributed by atoms with Gasteiger partial charge in [-0.2, -0.15) is 5.26 Å². The Labute approximate surface area is 183 Å². The third kappa shape index (κ3) is 5.05. The first-order valence-electron chi connectivity index (χ1n) is 9.67. The minimum atomic E-state index is -0.972. The van der Waals surface area contributed by atoms with E-state index in [1.165, 1.54) is 9.13 Å². The van der Waals surface area contributed by atoms with E-state index >= 15 is 0 Å². The van der Waals surface area contributed by atoms with Gasteiger partial charge in [-0.1, -0.05) is 11.6 Å². The average molecular weight is 448 g/mol. The van der Waals surface area contributed by atoms with Crippen molar-refractivity contribution in [2.45, 2.75) is 52.0 Å². The molecule has 0 aliphatic rings. The number of aryl methyl sites for hydroxylation is 1. The predicted molar refractivity (Wildman–Crippen MR) is 116 cm³/mol. The van der Waals surface area contributed by atoms with Crippen LogP contribution in [-0.4, -0.2) is 36.0 Å². The Kier molecular flexibility index (Phi) is 6.36. The Balaban J connectivity index is 2.07. The number of anilines is 2. The van der Waals surface area contributed by atoms with Gasteiger partial charge in [0.2, 0.25) is 0 Å². The SMILES string of the molecule is C[C@H](O)Cn1c(=O)n(CCC(C)(C)O)c2cc(Nc3nc(Cl)c(C#N)cc3F)ccc21. The van der Waals surface area contributed by atoms with Crippen LogP contribution in [0.25, 0.3) is 11.0 Å². The summed E-state index contributed by atoms with van der Waals surface area (Å²) in [4.78, 5) is 16.9. The second kappa shape index (κ2) is 8.67. The van der Waals surface area contributed by atoms with Crippen LogP contribution in [0.4, 0.5) is 15.9 Å². The van der Waals surface area contributed by atoms with Gasteiger partial charge < -0.3 is 15.5 Å². The van der Waals surface area contributed by atoms with E-state index in [2.05, 4.69) is 10.3 Å². The Bertz CT molecular complexity index is 1220. The van der Waals surface area contributed by atoms with Crippen molar-refractivity contribution in [3.8, 4) is 6.07 Å². The fourth-order valence-electron chi connectivity index (χ4n) is 3.21. The summed E-state index contributed by atoms with van der Waals surface area (Å²) in [5.41, 5.74) is 0.239. The molecule has 1 aromatic carbocycles. The number of nitrogens with one attached hydrogen (secondary N) is 1. The van der Waals surface area contributed by atoms with Crippen molar-refractivity contribution in [3.63, 3.8) is 0 Å². The lowest BCUT2D eigenvalue weighted by atomic mass is 10.1. The molecular weight excluding hydrogens is 425 g/mol. The number of nitriles is 1. The highest BCUT2D eigenvalue weighted by Gasteiger charge is 2.19. The van der Waals surface area contributed by atoms with Crippen molar-refractivity contribution in [2.24, 2.45) is 0 Å². The highest BCUT2D eigenvalue weighted by molar-refractivity contribution is 6.30. The highest BCUT2D eigenvalue weighted by Crippen LogP contribution is 2.26. The van der Waals surface area contributed by atoms with Gasteiger partial charge in [-0.3, -0.25) is 9.13 Å². The molecule has 31 heavy (non-hydrogen) atoms. The molecule has 0 amide bonds. The molecule has 2 aromatic heterocycles. The number of rotatable bonds is 7. The van der Waals surface area contributed by atoms with Gasteiger partial charge in [-0.15, -0.1) is 0 Å². The number of aromatic nitrogens is 3. The molecule has 0 aliphatic heterocycles. The van der Waals surface area contributed by atoms with E-state index in [-0.39, 0.29) is 35.3 Å². The molecule has 0 spiro atoms. The molecule has 0 unspecified atom stereocenters. The van der Waals surface area contributed by atoms with Gasteiger partial charge in [-0.25, -0.2) is 14.2 Å². The maximum atomic E-state index is 14.3. The molecule has 8 nitrogen and oxygen atoms in total. The maximum Gasteiger partial charge on any atom is 0.329 e. The summed E-state index contributed by atoms with van der Waals surface area (Å²) in [6, 6.07) is 7.75. The lowest BCUT2D eigenvalue weighted by Gasteiger charge is -2.17. The normalized spacial score (nSPS) is 12.7. The third-order valence-corrected chi connectivity index (χ3v) is 5.01. The zero-order valence-corrected chi connectivity index (χ0v) is 18.1. The maximum absolute atomic E-state index is 14.3. The standard InChI is InChI=1S/C21H23ClFN5O3/c1-12(29)11-28-16-5-4-14(25-19-15(23)8-13(10-24)18(22)26-19)9-17(16)27(20(28)30)7-6-21(2,3)31/h4-5,8-9,12,29,31H,6-7,11H2,1-3H3,(H,25,26)/t12-/m0/s1. The van der Waals surface area contributed by atoms with E-state index in [1.807, 2.05) is 0 Å². The Morgan fingerprint density at radius 1 is 1.32 bits per heavy atom. The third-order valence-electron chi connectivity index (χ3n) is 4.73. The highest BCUT2D eigenvalue weighted by atomic mass is 35.5. The number of imidazole rings is 1. The van der Waals surface area contributed by atoms with E-state index < -0.39 is 17.5 Å². The summed E-state index contributed by atoms with van der Waals surface area (Å²) < 4.78 is 17.3. The van der Waals surface area contributed by atoms with Gasteiger partial charge in [0, 0.05) is 12.2 Å². The van der Waals surface area contributed by atoms with Crippen LogP contribution in [0.15, 0.2) is 29.1 Å². The van der Waals surface area contributed by atoms with Crippen LogP contribution in [0.2, 0.25) is 5.15 Å². The van der Waals surface area contributed by atoms with Gasteiger partial charge in [0.05, 0.1) is 34.8 Å². The van der Waals surface area contributed by atoms with E-state index in [0.717, 1.165) is 6.07 Å². The smallest absolute Gasteiger partial charge is 0.329 e. The van der Waals surface area contributed by atoms with Crippen LogP contribution >= 0.6 is 11.6 Å². The molecule has 3 N–H and O–H groups in total. The van der Waals surface area contributed by atoms with Crippen LogP contribution in [0.5, 0.6) is 0 Å². The van der Waals surface area contributed by atoms with Crippen LogP contribution in [0, 0.1) is 17.1 Å². The average Bonchev–Trinajstić information content (AvgIpc) is 2.92. The fraction of sp³-hybridized carbons (Fsp3) is 0.381. The van der Waals surface area contributed by atoms with Crippen LogP contribution in [0.3, 0.4) is 0 Å². The molecule has 0 saturated carbocycles. The molecule has 1 atom stereocenters. The summed E-state index contributed by atoms with van der Waals surface area (Å²) >= 11 is 5.91. The topological polar surface area (TPSA) is 116 Å². The molecule has 2 heterocycles. The lowest BCUT2D eigenvalue weighted by Crippen LogP contribution is -2.30. The zero-order valence-electron chi connectivity index (χ0n) is 17.4. The second-order valence-electron chi connectivity index (χ2n) is 8.05. The summed E-state index contributed by atoms with van der Waals surface area (Å²) in [5, 5.41) is 31.5. The molecule has 164 valence electrons. The molecule has 3 rings (SSSR count). The summed E-state index contributed by atoms with van der Waals surface area (Å²) in [6.07, 6.45) is -0.400. The van der Waals surface area contributed by atoms with E-state index in [9.17, 15) is 19.4 Å². The number of halogens is 2. The van der Waals surface area contributed by atoms with Crippen molar-refractivity contribution in [2.75, 3.05) is 5.32 Å². The number of pyridine rings is 1. The number of nitrogens with zero attached hydrogens (tertiary/aromatic N) is 4. The molecule has 0 fully saturated rings. The van der Waals surface area contributed by atoms with Gasteiger partial charge in [-0.05, 0) is 51.5 Å². The lowest BCUT2D eigenvalue weighted by molar-refractivity contribution is 0.0661. The van der Waals surface area contributed by atoms with E-state index in [1.54, 1.807) is 45.0 Å². The largest absolute Gasteiger partial charge is 0.392 e. The molecule has 10 heteroatoms. The van der Waals surface area contributed by atoms with Crippen LogP contribution in [0.1, 0.15) is 32.8 Å². The van der Waals surface area contributed by atoms with Crippen LogP contribution in [-0.2, 0) is 13.1 Å². The first-order valence-corrected chi connectivity index (χ1v) is 10.0. The zero-order chi connectivity index (χ0) is 22.9. The Hall–Kier alpha value is -2.93. The molecule has 3 aromatic rings. The first-order chi connectivity index (χ1) is 14.5. The van der Waals surface area contributed by atoms with Crippen molar-refractivity contribution >= 4 is 34.1 Å². The van der Waals surface area contributed by atoms with E-state index in [4.69, 9.17) is 16.9 Å². The summed E-state index contributed by atoms with van der Waals surface area (Å²) in [6.45, 7) is 5.26. The second-order valence-corrected chi connectivity index (χ2v) is 8.41. The Morgan fingerprint density at radius 3 is 2.65 bits per heavy atom. The number of benzene rings is 1. The van der Waals surface area contributed by atoms with E-state index in [0.29, 0.717) is 23.1 Å². The minimum absolute atomic E-state index is 0.0733. The number of aliphatic hydroxyl groups is 2. The number of hydrogen-bond acceptors (Lipinski definition) is 6. The van der Waals surface area contributed by atoms with Gasteiger partial charge >= 0.3 is 5.69 Å². The number of hydrogen-bond donors (Lipinski definition) is 3. The number of aliphatic hydroxyl groups excluding tert-OH is 1. The summed E-state index contributed by atoms with van der Waals surface area (Å²) in [5.74, 6) is -0.899. The fourth-order valence-corrected chi connectivity index (χ4v) is 3.39.